The summed E-state index contributed by atoms with van der Waals surface area (Å²) in [6.07, 6.45) is 0. The molecular formula is C9H13NO5S2. The van der Waals surface area contributed by atoms with Crippen LogP contribution in [-0.2, 0) is 10.0 Å². The van der Waals surface area contributed by atoms with Crippen LogP contribution in [0.1, 0.15) is 24.2 Å². The van der Waals surface area contributed by atoms with Crippen molar-refractivity contribution in [3.8, 4) is 0 Å². The molecule has 0 unspecified atom stereocenters. The van der Waals surface area contributed by atoms with Crippen molar-refractivity contribution in [2.45, 2.75) is 23.7 Å². The quantitative estimate of drug-likeness (QED) is 0.728. The molecule has 0 aliphatic rings. The van der Waals surface area contributed by atoms with E-state index in [2.05, 4.69) is 4.72 Å². The number of thiophene rings is 1. The van der Waals surface area contributed by atoms with Crippen molar-refractivity contribution in [1.29, 1.82) is 0 Å². The molecule has 0 fully saturated rings. The summed E-state index contributed by atoms with van der Waals surface area (Å²) in [5.41, 5.74) is -1.24. The number of carbonyl (C=O) groups is 1. The monoisotopic (exact) mass is 279 g/mol. The molecule has 96 valence electrons. The van der Waals surface area contributed by atoms with E-state index in [-0.39, 0.29) is 16.3 Å². The van der Waals surface area contributed by atoms with Crippen molar-refractivity contribution in [1.82, 2.24) is 4.72 Å². The number of aliphatic hydroxyl groups is 1. The van der Waals surface area contributed by atoms with E-state index in [0.717, 1.165) is 17.4 Å². The lowest BCUT2D eigenvalue weighted by Crippen LogP contribution is -2.37. The predicted molar refractivity (Wildman–Crippen MR) is 62.8 cm³/mol. The van der Waals surface area contributed by atoms with E-state index < -0.39 is 21.6 Å². The number of sulfonamides is 1. The second-order valence-electron chi connectivity index (χ2n) is 4.10. The van der Waals surface area contributed by atoms with Crippen LogP contribution in [0.25, 0.3) is 0 Å². The maximum atomic E-state index is 11.7. The Balaban J connectivity index is 2.86. The van der Waals surface area contributed by atoms with Gasteiger partial charge >= 0.3 is 5.97 Å². The summed E-state index contributed by atoms with van der Waals surface area (Å²) in [7, 11) is -3.76. The molecule has 8 heteroatoms. The van der Waals surface area contributed by atoms with E-state index >= 15 is 0 Å². The zero-order valence-corrected chi connectivity index (χ0v) is 10.9. The average molecular weight is 279 g/mol. The molecule has 0 saturated heterocycles. The van der Waals surface area contributed by atoms with Crippen LogP contribution >= 0.6 is 11.3 Å². The molecule has 1 heterocycles. The minimum absolute atomic E-state index is 0.0707. The van der Waals surface area contributed by atoms with Crippen molar-refractivity contribution in [2.75, 3.05) is 6.54 Å². The molecule has 3 N–H and O–H groups in total. The first-order chi connectivity index (χ1) is 7.62. The van der Waals surface area contributed by atoms with E-state index in [1.165, 1.54) is 19.2 Å². The molecule has 0 spiro atoms. The molecule has 0 amide bonds. The largest absolute Gasteiger partial charge is 0.478 e. The minimum Gasteiger partial charge on any atom is -0.478 e. The first-order valence-corrected chi connectivity index (χ1v) is 7.02. The molecular weight excluding hydrogens is 266 g/mol. The van der Waals surface area contributed by atoms with Crippen LogP contribution in [0.2, 0.25) is 0 Å². The molecule has 0 saturated carbocycles. The third kappa shape index (κ3) is 4.08. The summed E-state index contributed by atoms with van der Waals surface area (Å²) in [4.78, 5) is 10.6. The van der Waals surface area contributed by atoms with Crippen LogP contribution in [0.15, 0.2) is 15.7 Å². The maximum Gasteiger partial charge on any atom is 0.336 e. The molecule has 1 aromatic heterocycles. The number of nitrogens with one attached hydrogen (secondary N) is 1. The van der Waals surface area contributed by atoms with Crippen molar-refractivity contribution in [3.05, 3.63) is 17.0 Å². The van der Waals surface area contributed by atoms with Crippen LogP contribution in [0.4, 0.5) is 0 Å². The standard InChI is InChI=1S/C9H13NO5S2/c1-9(2,13)5-10-17(14,15)7-3-6(4-16-7)8(11)12/h3-4,10,13H,5H2,1-2H3,(H,11,12). The summed E-state index contributed by atoms with van der Waals surface area (Å²) in [6.45, 7) is 2.79. The Labute approximate surface area is 103 Å². The van der Waals surface area contributed by atoms with Crippen molar-refractivity contribution in [2.24, 2.45) is 0 Å². The van der Waals surface area contributed by atoms with E-state index in [9.17, 15) is 18.3 Å². The fraction of sp³-hybridized carbons (Fsp3) is 0.444. The van der Waals surface area contributed by atoms with Gasteiger partial charge in [0.25, 0.3) is 0 Å². The van der Waals surface area contributed by atoms with Gasteiger partial charge in [0.1, 0.15) is 4.21 Å². The van der Waals surface area contributed by atoms with Gasteiger partial charge in [-0.1, -0.05) is 0 Å². The Kier molecular flexibility index (Phi) is 3.92. The molecule has 6 nitrogen and oxygen atoms in total. The van der Waals surface area contributed by atoms with Crippen LogP contribution in [0, 0.1) is 0 Å². The Morgan fingerprint density at radius 1 is 1.53 bits per heavy atom. The van der Waals surface area contributed by atoms with E-state index in [0.29, 0.717) is 0 Å². The fourth-order valence-electron chi connectivity index (χ4n) is 0.912. The predicted octanol–water partition coefficient (Wildman–Crippen LogP) is 0.496. The highest BCUT2D eigenvalue weighted by Crippen LogP contribution is 2.20. The van der Waals surface area contributed by atoms with Crippen molar-refractivity contribution >= 4 is 27.3 Å². The normalized spacial score (nSPS) is 12.6. The van der Waals surface area contributed by atoms with E-state index in [4.69, 9.17) is 5.11 Å². The zero-order chi connectivity index (χ0) is 13.3. The third-order valence-electron chi connectivity index (χ3n) is 1.78. The first-order valence-electron chi connectivity index (χ1n) is 4.66. The second kappa shape index (κ2) is 4.73. The Morgan fingerprint density at radius 3 is 2.53 bits per heavy atom. The van der Waals surface area contributed by atoms with Gasteiger partial charge in [-0.3, -0.25) is 0 Å². The van der Waals surface area contributed by atoms with Crippen LogP contribution < -0.4 is 4.72 Å². The van der Waals surface area contributed by atoms with E-state index in [1.807, 2.05) is 0 Å². The van der Waals surface area contributed by atoms with Crippen molar-refractivity contribution < 1.29 is 23.4 Å². The van der Waals surface area contributed by atoms with Crippen LogP contribution in [0.5, 0.6) is 0 Å². The highest BCUT2D eigenvalue weighted by molar-refractivity contribution is 7.91. The molecule has 0 atom stereocenters. The summed E-state index contributed by atoms with van der Waals surface area (Å²) in [6, 6.07) is 1.08. The highest BCUT2D eigenvalue weighted by atomic mass is 32.2. The van der Waals surface area contributed by atoms with Gasteiger partial charge in [0.2, 0.25) is 10.0 Å². The van der Waals surface area contributed by atoms with E-state index in [1.54, 1.807) is 0 Å². The van der Waals surface area contributed by atoms with Gasteiger partial charge in [-0.05, 0) is 19.9 Å². The lowest BCUT2D eigenvalue weighted by atomic mass is 10.1. The summed E-state index contributed by atoms with van der Waals surface area (Å²) in [5.74, 6) is -1.18. The minimum atomic E-state index is -3.76. The Bertz CT molecular complexity index is 512. The zero-order valence-electron chi connectivity index (χ0n) is 9.30. The highest BCUT2D eigenvalue weighted by Gasteiger charge is 2.22. The smallest absolute Gasteiger partial charge is 0.336 e. The van der Waals surface area contributed by atoms with Gasteiger partial charge in [0.05, 0.1) is 11.2 Å². The Hall–Kier alpha value is -0.960. The van der Waals surface area contributed by atoms with Gasteiger partial charge < -0.3 is 10.2 Å². The lowest BCUT2D eigenvalue weighted by Gasteiger charge is -2.17. The van der Waals surface area contributed by atoms with Gasteiger partial charge in [0.15, 0.2) is 0 Å². The summed E-state index contributed by atoms with van der Waals surface area (Å²) >= 11 is 0.822. The van der Waals surface area contributed by atoms with Gasteiger partial charge in [-0.25, -0.2) is 17.9 Å². The number of aromatic carboxylic acids is 1. The number of carboxylic acid groups (broad SMARTS) is 1. The molecule has 0 aromatic carbocycles. The summed E-state index contributed by atoms with van der Waals surface area (Å²) in [5, 5.41) is 19.3. The van der Waals surface area contributed by atoms with Crippen LogP contribution in [-0.4, -0.2) is 36.7 Å². The van der Waals surface area contributed by atoms with Gasteiger partial charge in [0, 0.05) is 11.9 Å². The van der Waals surface area contributed by atoms with Crippen LogP contribution in [0.3, 0.4) is 0 Å². The number of hydrogen-bond donors (Lipinski definition) is 3. The molecule has 0 radical (unpaired) electrons. The number of hydrogen-bond acceptors (Lipinski definition) is 5. The molecule has 0 aliphatic carbocycles. The second-order valence-corrected chi connectivity index (χ2v) is 7.00. The molecule has 1 rings (SSSR count). The van der Waals surface area contributed by atoms with Gasteiger partial charge in [-0.2, -0.15) is 0 Å². The van der Waals surface area contributed by atoms with Crippen molar-refractivity contribution in [3.63, 3.8) is 0 Å². The lowest BCUT2D eigenvalue weighted by molar-refractivity contribution is 0.0697. The SMILES string of the molecule is CC(C)(O)CNS(=O)(=O)c1cc(C(=O)O)cs1. The number of carboxylic acids is 1. The Morgan fingerprint density at radius 2 is 2.12 bits per heavy atom. The molecule has 17 heavy (non-hydrogen) atoms. The molecule has 1 aromatic rings. The average Bonchev–Trinajstić information content (AvgIpc) is 2.63. The third-order valence-corrected chi connectivity index (χ3v) is 4.62. The summed E-state index contributed by atoms with van der Waals surface area (Å²) < 4.78 is 25.5. The molecule has 0 aliphatic heterocycles. The van der Waals surface area contributed by atoms with Gasteiger partial charge in [-0.15, -0.1) is 11.3 Å². The molecule has 0 bridgehead atoms. The fourth-order valence-corrected chi connectivity index (χ4v) is 3.31. The first kappa shape index (κ1) is 14.1. The topological polar surface area (TPSA) is 104 Å². The number of rotatable bonds is 5. The maximum absolute atomic E-state index is 11.7.